The number of aldehydes is 1. The van der Waals surface area contributed by atoms with E-state index in [-0.39, 0.29) is 23.3 Å². The third-order valence-corrected chi connectivity index (χ3v) is 1.66. The summed E-state index contributed by atoms with van der Waals surface area (Å²) in [4.78, 5) is 20.6. The van der Waals surface area contributed by atoms with Crippen molar-refractivity contribution in [1.29, 1.82) is 0 Å². The molecule has 15 heavy (non-hydrogen) atoms. The van der Waals surface area contributed by atoms with Gasteiger partial charge in [-0.25, -0.2) is 0 Å². The predicted octanol–water partition coefficient (Wildman–Crippen LogP) is 1.03. The molecule has 1 aromatic carbocycles. The monoisotopic (exact) mass is 204 g/mol. The Morgan fingerprint density at radius 2 is 2.20 bits per heavy atom. The summed E-state index contributed by atoms with van der Waals surface area (Å²) in [6.45, 7) is 0. The van der Waals surface area contributed by atoms with Gasteiger partial charge in [-0.2, -0.15) is 0 Å². The summed E-state index contributed by atoms with van der Waals surface area (Å²) in [5.74, 6) is 3.60. The molecule has 0 spiro atoms. The third kappa shape index (κ3) is 2.85. The van der Waals surface area contributed by atoms with Crippen LogP contribution in [0.15, 0.2) is 18.2 Å². The number of carbonyl (C=O) groups is 2. The Hall–Kier alpha value is -2.28. The van der Waals surface area contributed by atoms with E-state index in [2.05, 4.69) is 11.8 Å². The van der Waals surface area contributed by atoms with Gasteiger partial charge in [0, 0.05) is 0 Å². The van der Waals surface area contributed by atoms with Crippen molar-refractivity contribution in [2.75, 3.05) is 0 Å². The zero-order valence-corrected chi connectivity index (χ0v) is 7.73. The molecular weight excluding hydrogens is 196 g/mol. The normalized spacial score (nSPS) is 8.80. The second kappa shape index (κ2) is 4.82. The Kier molecular flexibility index (Phi) is 3.47. The quantitative estimate of drug-likeness (QED) is 0.557. The number of hydrogen-bond acceptors (Lipinski definition) is 3. The first-order valence-corrected chi connectivity index (χ1v) is 4.13. The number of rotatable bonds is 2. The smallest absolute Gasteiger partial charge is 0.315 e. The number of carbonyl (C=O) groups excluding carboxylic acids is 1. The van der Waals surface area contributed by atoms with Gasteiger partial charge in [0.2, 0.25) is 0 Å². The van der Waals surface area contributed by atoms with E-state index in [0.29, 0.717) is 6.29 Å². The first kappa shape index (κ1) is 10.8. The maximum Gasteiger partial charge on any atom is 0.315 e. The van der Waals surface area contributed by atoms with Crippen molar-refractivity contribution in [3.05, 3.63) is 29.3 Å². The summed E-state index contributed by atoms with van der Waals surface area (Å²) >= 11 is 0. The molecule has 0 atom stereocenters. The second-order valence-electron chi connectivity index (χ2n) is 2.73. The summed E-state index contributed by atoms with van der Waals surface area (Å²) in [6, 6.07) is 4.52. The van der Waals surface area contributed by atoms with Gasteiger partial charge in [-0.1, -0.05) is 17.9 Å². The molecule has 76 valence electrons. The largest absolute Gasteiger partial charge is 0.506 e. The molecule has 0 saturated heterocycles. The Balaban J connectivity index is 2.98. The molecule has 0 radical (unpaired) electrons. The summed E-state index contributed by atoms with van der Waals surface area (Å²) in [6.07, 6.45) is 0.211. The standard InChI is InChI=1S/C11H8O4/c12-7-9-5-1-3-8(11(9)15)4-2-6-10(13)14/h1,3,5,7,15H,6H2,(H,13,14). The molecule has 0 aliphatic heterocycles. The lowest BCUT2D eigenvalue weighted by atomic mass is 10.1. The fourth-order valence-electron chi connectivity index (χ4n) is 0.972. The fourth-order valence-corrected chi connectivity index (χ4v) is 0.972. The number of benzene rings is 1. The second-order valence-corrected chi connectivity index (χ2v) is 2.73. The van der Waals surface area contributed by atoms with Gasteiger partial charge in [0.15, 0.2) is 6.29 Å². The lowest BCUT2D eigenvalue weighted by Crippen LogP contribution is -1.90. The lowest BCUT2D eigenvalue weighted by Gasteiger charge is -1.98. The van der Waals surface area contributed by atoms with Crippen molar-refractivity contribution in [2.24, 2.45) is 0 Å². The maximum atomic E-state index is 10.5. The maximum absolute atomic E-state index is 10.5. The average Bonchev–Trinajstić information content (AvgIpc) is 2.20. The van der Waals surface area contributed by atoms with Crippen LogP contribution in [0.2, 0.25) is 0 Å². The van der Waals surface area contributed by atoms with E-state index in [0.717, 1.165) is 0 Å². The zero-order valence-electron chi connectivity index (χ0n) is 7.73. The first-order valence-electron chi connectivity index (χ1n) is 4.13. The average molecular weight is 204 g/mol. The number of hydrogen-bond donors (Lipinski definition) is 2. The molecule has 0 aliphatic carbocycles. The Morgan fingerprint density at radius 3 is 2.80 bits per heavy atom. The molecule has 0 unspecified atom stereocenters. The van der Waals surface area contributed by atoms with Crippen molar-refractivity contribution in [3.8, 4) is 17.6 Å². The Morgan fingerprint density at radius 1 is 1.47 bits per heavy atom. The number of phenolic OH excluding ortho intramolecular Hbond substituents is 1. The highest BCUT2D eigenvalue weighted by Crippen LogP contribution is 2.19. The van der Waals surface area contributed by atoms with Gasteiger partial charge in [-0.05, 0) is 12.1 Å². The molecule has 0 fully saturated rings. The van der Waals surface area contributed by atoms with Crippen LogP contribution in [0, 0.1) is 11.8 Å². The van der Waals surface area contributed by atoms with Crippen LogP contribution < -0.4 is 0 Å². The Labute approximate surface area is 86.2 Å². The minimum Gasteiger partial charge on any atom is -0.506 e. The summed E-state index contributed by atoms with van der Waals surface area (Å²) < 4.78 is 0. The number of aromatic hydroxyl groups is 1. The molecule has 1 aromatic rings. The molecule has 0 saturated carbocycles. The molecule has 0 aliphatic rings. The van der Waals surface area contributed by atoms with Gasteiger partial charge in [-0.3, -0.25) is 9.59 Å². The molecule has 1 rings (SSSR count). The van der Waals surface area contributed by atoms with Crippen LogP contribution in [0.4, 0.5) is 0 Å². The summed E-state index contributed by atoms with van der Waals surface area (Å²) in [5, 5.41) is 17.8. The highest BCUT2D eigenvalue weighted by molar-refractivity contribution is 5.81. The van der Waals surface area contributed by atoms with E-state index in [9.17, 15) is 14.7 Å². The van der Waals surface area contributed by atoms with Crippen molar-refractivity contribution in [1.82, 2.24) is 0 Å². The lowest BCUT2D eigenvalue weighted by molar-refractivity contribution is -0.135. The van der Waals surface area contributed by atoms with E-state index in [1.165, 1.54) is 12.1 Å². The summed E-state index contributed by atoms with van der Waals surface area (Å²) in [5.41, 5.74) is 0.387. The number of aliphatic carboxylic acids is 1. The van der Waals surface area contributed by atoms with Crippen molar-refractivity contribution >= 4 is 12.3 Å². The van der Waals surface area contributed by atoms with Gasteiger partial charge in [0.1, 0.15) is 12.2 Å². The minimum atomic E-state index is -1.03. The molecule has 0 aromatic heterocycles. The fraction of sp³-hybridized carbons (Fsp3) is 0.0909. The van der Waals surface area contributed by atoms with Crippen molar-refractivity contribution in [2.45, 2.75) is 6.42 Å². The molecular formula is C11H8O4. The molecule has 4 nitrogen and oxygen atoms in total. The van der Waals surface area contributed by atoms with Crippen LogP contribution >= 0.6 is 0 Å². The van der Waals surface area contributed by atoms with E-state index in [4.69, 9.17) is 5.11 Å². The van der Waals surface area contributed by atoms with E-state index in [1.807, 2.05) is 0 Å². The van der Waals surface area contributed by atoms with Crippen LogP contribution in [0.5, 0.6) is 5.75 Å². The first-order chi connectivity index (χ1) is 7.15. The Bertz CT molecular complexity index is 451. The van der Waals surface area contributed by atoms with E-state index in [1.54, 1.807) is 6.07 Å². The molecule has 2 N–H and O–H groups in total. The highest BCUT2D eigenvalue weighted by atomic mass is 16.4. The SMILES string of the molecule is O=Cc1cccc(C#CCC(=O)O)c1O. The minimum absolute atomic E-state index is 0.136. The van der Waals surface area contributed by atoms with Crippen LogP contribution in [0.1, 0.15) is 22.3 Å². The highest BCUT2D eigenvalue weighted by Gasteiger charge is 2.03. The van der Waals surface area contributed by atoms with Crippen molar-refractivity contribution < 1.29 is 19.8 Å². The third-order valence-electron chi connectivity index (χ3n) is 1.66. The van der Waals surface area contributed by atoms with Crippen molar-refractivity contribution in [3.63, 3.8) is 0 Å². The van der Waals surface area contributed by atoms with Crippen LogP contribution in [0.3, 0.4) is 0 Å². The number of phenols is 1. The summed E-state index contributed by atoms with van der Waals surface area (Å²) in [7, 11) is 0. The van der Waals surface area contributed by atoms with Gasteiger partial charge in [0.05, 0.1) is 11.1 Å². The van der Waals surface area contributed by atoms with Gasteiger partial charge in [-0.15, -0.1) is 0 Å². The number of carboxylic acids is 1. The van der Waals surface area contributed by atoms with Gasteiger partial charge < -0.3 is 10.2 Å². The number of carboxylic acid groups (broad SMARTS) is 1. The molecule has 4 heteroatoms. The zero-order chi connectivity index (χ0) is 11.3. The molecule has 0 bridgehead atoms. The van der Waals surface area contributed by atoms with Crippen LogP contribution in [-0.4, -0.2) is 22.5 Å². The van der Waals surface area contributed by atoms with E-state index >= 15 is 0 Å². The van der Waals surface area contributed by atoms with Gasteiger partial charge in [0.25, 0.3) is 0 Å². The molecule has 0 heterocycles. The van der Waals surface area contributed by atoms with Gasteiger partial charge >= 0.3 is 5.97 Å². The molecule has 0 amide bonds. The topological polar surface area (TPSA) is 74.6 Å². The van der Waals surface area contributed by atoms with Crippen LogP contribution in [-0.2, 0) is 4.79 Å². The van der Waals surface area contributed by atoms with E-state index < -0.39 is 5.97 Å². The predicted molar refractivity (Wildman–Crippen MR) is 52.6 cm³/mol. The number of para-hydroxylation sites is 1. The van der Waals surface area contributed by atoms with Crippen LogP contribution in [0.25, 0.3) is 0 Å².